The lowest BCUT2D eigenvalue weighted by atomic mass is 9.98. The minimum absolute atomic E-state index is 0.183. The summed E-state index contributed by atoms with van der Waals surface area (Å²) in [4.78, 5) is 12.6. The first kappa shape index (κ1) is 13.6. The molecule has 0 aromatic heterocycles. The Labute approximate surface area is 102 Å². The van der Waals surface area contributed by atoms with Crippen LogP contribution >= 0.6 is 0 Å². The molecule has 0 aliphatic carbocycles. The number of likely N-dealkylation sites (N-methyl/N-ethyl adjacent to an activating group) is 1. The maximum Gasteiger partial charge on any atom is 0.269 e. The lowest BCUT2D eigenvalue weighted by Gasteiger charge is -2.20. The van der Waals surface area contributed by atoms with Crippen molar-refractivity contribution in [3.63, 3.8) is 0 Å². The van der Waals surface area contributed by atoms with E-state index in [-0.39, 0.29) is 10.6 Å². The van der Waals surface area contributed by atoms with Gasteiger partial charge in [-0.2, -0.15) is 0 Å². The molecular weight excluding hydrogens is 216 g/mol. The molecule has 1 unspecified atom stereocenters. The van der Waals surface area contributed by atoms with Gasteiger partial charge in [-0.25, -0.2) is 0 Å². The molecule has 4 nitrogen and oxygen atoms in total. The van der Waals surface area contributed by atoms with Crippen LogP contribution in [0.15, 0.2) is 18.2 Å². The van der Waals surface area contributed by atoms with Gasteiger partial charge in [0.1, 0.15) is 0 Å². The first-order valence-electron chi connectivity index (χ1n) is 5.88. The van der Waals surface area contributed by atoms with Gasteiger partial charge in [-0.05, 0) is 45.0 Å². The Morgan fingerprint density at radius 1 is 1.35 bits per heavy atom. The molecule has 0 aliphatic heterocycles. The highest BCUT2D eigenvalue weighted by Crippen LogP contribution is 2.20. The first-order chi connectivity index (χ1) is 7.95. The van der Waals surface area contributed by atoms with E-state index >= 15 is 0 Å². The monoisotopic (exact) mass is 236 g/mol. The Bertz CT molecular complexity index is 402. The SMILES string of the molecule is CCc1ccc([N+](=O)[O-])cc1CC(C)N(C)C. The summed E-state index contributed by atoms with van der Waals surface area (Å²) < 4.78 is 0. The van der Waals surface area contributed by atoms with Crippen LogP contribution in [-0.2, 0) is 12.8 Å². The maximum atomic E-state index is 10.8. The number of benzene rings is 1. The number of nitro benzene ring substituents is 1. The lowest BCUT2D eigenvalue weighted by Crippen LogP contribution is -2.27. The van der Waals surface area contributed by atoms with Crippen LogP contribution in [0.2, 0.25) is 0 Å². The molecule has 0 heterocycles. The quantitative estimate of drug-likeness (QED) is 0.583. The van der Waals surface area contributed by atoms with Gasteiger partial charge in [-0.1, -0.05) is 13.0 Å². The number of nitrogens with zero attached hydrogens (tertiary/aromatic N) is 2. The van der Waals surface area contributed by atoms with Crippen LogP contribution in [0.3, 0.4) is 0 Å². The molecule has 94 valence electrons. The van der Waals surface area contributed by atoms with Gasteiger partial charge >= 0.3 is 0 Å². The van der Waals surface area contributed by atoms with E-state index in [1.54, 1.807) is 12.1 Å². The van der Waals surface area contributed by atoms with Crippen molar-refractivity contribution in [2.24, 2.45) is 0 Å². The van der Waals surface area contributed by atoms with Crippen LogP contribution in [0.4, 0.5) is 5.69 Å². The van der Waals surface area contributed by atoms with Crippen molar-refractivity contribution in [3.8, 4) is 0 Å². The Balaban J connectivity index is 3.02. The highest BCUT2D eigenvalue weighted by atomic mass is 16.6. The third-order valence-corrected chi connectivity index (χ3v) is 3.18. The molecule has 0 aliphatic rings. The molecule has 0 radical (unpaired) electrons. The van der Waals surface area contributed by atoms with Crippen molar-refractivity contribution in [1.29, 1.82) is 0 Å². The minimum atomic E-state index is -0.330. The molecule has 1 aromatic carbocycles. The number of hydrogen-bond donors (Lipinski definition) is 0. The zero-order valence-corrected chi connectivity index (χ0v) is 10.9. The normalized spacial score (nSPS) is 12.8. The third kappa shape index (κ3) is 3.53. The van der Waals surface area contributed by atoms with Gasteiger partial charge in [-0.15, -0.1) is 0 Å². The van der Waals surface area contributed by atoms with Crippen molar-refractivity contribution >= 4 is 5.69 Å². The largest absolute Gasteiger partial charge is 0.306 e. The van der Waals surface area contributed by atoms with E-state index in [1.165, 1.54) is 5.56 Å². The molecule has 4 heteroatoms. The van der Waals surface area contributed by atoms with E-state index < -0.39 is 0 Å². The molecule has 1 atom stereocenters. The summed E-state index contributed by atoms with van der Waals surface area (Å²) in [5.41, 5.74) is 2.47. The second kappa shape index (κ2) is 5.77. The molecular formula is C13H20N2O2. The van der Waals surface area contributed by atoms with Crippen molar-refractivity contribution in [3.05, 3.63) is 39.4 Å². The van der Waals surface area contributed by atoms with Gasteiger partial charge in [-0.3, -0.25) is 10.1 Å². The van der Waals surface area contributed by atoms with E-state index in [4.69, 9.17) is 0 Å². The molecule has 1 rings (SSSR count). The number of nitro groups is 1. The maximum absolute atomic E-state index is 10.8. The number of rotatable bonds is 5. The average molecular weight is 236 g/mol. The Morgan fingerprint density at radius 2 is 2.00 bits per heavy atom. The summed E-state index contributed by atoms with van der Waals surface area (Å²) in [7, 11) is 4.04. The van der Waals surface area contributed by atoms with E-state index in [2.05, 4.69) is 18.7 Å². The predicted octanol–water partition coefficient (Wildman–Crippen LogP) is 2.65. The summed E-state index contributed by atoms with van der Waals surface area (Å²) in [6, 6.07) is 5.54. The van der Waals surface area contributed by atoms with Crippen LogP contribution in [0, 0.1) is 10.1 Å². The Morgan fingerprint density at radius 3 is 2.47 bits per heavy atom. The summed E-state index contributed by atoms with van der Waals surface area (Å²) >= 11 is 0. The minimum Gasteiger partial charge on any atom is -0.306 e. The van der Waals surface area contributed by atoms with Gasteiger partial charge in [0.05, 0.1) is 4.92 Å². The van der Waals surface area contributed by atoms with Crippen LogP contribution in [-0.4, -0.2) is 30.0 Å². The fourth-order valence-electron chi connectivity index (χ4n) is 1.76. The highest BCUT2D eigenvalue weighted by Gasteiger charge is 2.13. The van der Waals surface area contributed by atoms with Gasteiger partial charge in [0.25, 0.3) is 5.69 Å². The van der Waals surface area contributed by atoms with Gasteiger partial charge in [0.15, 0.2) is 0 Å². The van der Waals surface area contributed by atoms with Crippen LogP contribution in [0.25, 0.3) is 0 Å². The molecule has 17 heavy (non-hydrogen) atoms. The molecule has 0 saturated carbocycles. The van der Waals surface area contributed by atoms with Crippen molar-refractivity contribution in [1.82, 2.24) is 4.90 Å². The third-order valence-electron chi connectivity index (χ3n) is 3.18. The second-order valence-electron chi connectivity index (χ2n) is 4.58. The Kier molecular flexibility index (Phi) is 4.63. The van der Waals surface area contributed by atoms with Gasteiger partial charge in [0, 0.05) is 18.2 Å². The molecule has 0 N–H and O–H groups in total. The topological polar surface area (TPSA) is 46.4 Å². The second-order valence-corrected chi connectivity index (χ2v) is 4.58. The van der Waals surface area contributed by atoms with Gasteiger partial charge in [0.2, 0.25) is 0 Å². The zero-order valence-electron chi connectivity index (χ0n) is 10.9. The number of hydrogen-bond acceptors (Lipinski definition) is 3. The van der Waals surface area contributed by atoms with Crippen LogP contribution < -0.4 is 0 Å². The highest BCUT2D eigenvalue weighted by molar-refractivity contribution is 5.40. The average Bonchev–Trinajstić information content (AvgIpc) is 2.28. The lowest BCUT2D eigenvalue weighted by molar-refractivity contribution is -0.384. The fourth-order valence-corrected chi connectivity index (χ4v) is 1.76. The Hall–Kier alpha value is -1.42. The van der Waals surface area contributed by atoms with Crippen molar-refractivity contribution in [2.45, 2.75) is 32.7 Å². The van der Waals surface area contributed by atoms with Crippen molar-refractivity contribution in [2.75, 3.05) is 14.1 Å². The smallest absolute Gasteiger partial charge is 0.269 e. The molecule has 0 spiro atoms. The van der Waals surface area contributed by atoms with Gasteiger partial charge < -0.3 is 4.90 Å². The number of aryl methyl sites for hydroxylation is 1. The van der Waals surface area contributed by atoms with E-state index in [0.29, 0.717) is 6.04 Å². The summed E-state index contributed by atoms with van der Waals surface area (Å²) in [6.45, 7) is 4.20. The van der Waals surface area contributed by atoms with E-state index in [9.17, 15) is 10.1 Å². The van der Waals surface area contributed by atoms with Crippen LogP contribution in [0.5, 0.6) is 0 Å². The summed E-state index contributed by atoms with van der Waals surface area (Å²) in [6.07, 6.45) is 1.76. The standard InChI is InChI=1S/C13H20N2O2/c1-5-11-6-7-13(15(16)17)9-12(11)8-10(2)14(3)4/h6-7,9-10H,5,8H2,1-4H3. The fraction of sp³-hybridized carbons (Fsp3) is 0.538. The number of non-ortho nitro benzene ring substituents is 1. The molecule has 0 amide bonds. The predicted molar refractivity (Wildman–Crippen MR) is 69.3 cm³/mol. The molecule has 1 aromatic rings. The summed E-state index contributed by atoms with van der Waals surface area (Å²) in [5.74, 6) is 0. The van der Waals surface area contributed by atoms with Crippen molar-refractivity contribution < 1.29 is 4.92 Å². The van der Waals surface area contributed by atoms with Crippen LogP contribution in [0.1, 0.15) is 25.0 Å². The van der Waals surface area contributed by atoms with E-state index in [1.807, 2.05) is 20.2 Å². The zero-order chi connectivity index (χ0) is 13.0. The summed E-state index contributed by atoms with van der Waals surface area (Å²) in [5, 5.41) is 10.8. The molecule has 0 bridgehead atoms. The first-order valence-corrected chi connectivity index (χ1v) is 5.88. The van der Waals surface area contributed by atoms with E-state index in [0.717, 1.165) is 18.4 Å². The molecule has 0 saturated heterocycles. The molecule has 0 fully saturated rings.